The van der Waals surface area contributed by atoms with Crippen molar-refractivity contribution in [3.63, 3.8) is 0 Å². The minimum Gasteiger partial charge on any atom is -0.435 e. The van der Waals surface area contributed by atoms with Crippen LogP contribution < -0.4 is 4.74 Å². The molecule has 0 aromatic heterocycles. The summed E-state index contributed by atoms with van der Waals surface area (Å²) in [5.41, 5.74) is 1.27. The number of hydrogen-bond acceptors (Lipinski definition) is 2. The summed E-state index contributed by atoms with van der Waals surface area (Å²) >= 11 is 0. The maximum absolute atomic E-state index is 12.3. The molecule has 4 atom stereocenters. The van der Waals surface area contributed by atoms with Crippen molar-refractivity contribution in [2.24, 2.45) is 11.8 Å². The zero-order valence-corrected chi connectivity index (χ0v) is 15.8. The van der Waals surface area contributed by atoms with E-state index in [-0.39, 0.29) is 5.75 Å². The number of fused-ring (bicyclic) bond motifs is 1. The van der Waals surface area contributed by atoms with Gasteiger partial charge in [-0.1, -0.05) is 31.9 Å². The molecule has 2 nitrogen and oxygen atoms in total. The van der Waals surface area contributed by atoms with Crippen molar-refractivity contribution in [1.29, 1.82) is 0 Å². The zero-order chi connectivity index (χ0) is 18.4. The smallest absolute Gasteiger partial charge is 0.387 e. The molecular weight excluding hydrogens is 334 g/mol. The topological polar surface area (TPSA) is 18.5 Å². The third-order valence-corrected chi connectivity index (χ3v) is 6.24. The van der Waals surface area contributed by atoms with E-state index in [1.54, 1.807) is 12.1 Å². The second kappa shape index (κ2) is 9.68. The van der Waals surface area contributed by atoms with Gasteiger partial charge in [0.25, 0.3) is 0 Å². The van der Waals surface area contributed by atoms with Gasteiger partial charge < -0.3 is 9.47 Å². The predicted molar refractivity (Wildman–Crippen MR) is 99.8 cm³/mol. The first-order valence-electron chi connectivity index (χ1n) is 10.3. The highest BCUT2D eigenvalue weighted by atomic mass is 19.3. The highest BCUT2D eigenvalue weighted by Gasteiger charge is 2.36. The van der Waals surface area contributed by atoms with E-state index in [1.807, 2.05) is 12.1 Å². The van der Waals surface area contributed by atoms with Gasteiger partial charge in [0.2, 0.25) is 0 Å². The Balaban J connectivity index is 1.47. The molecule has 3 rings (SSSR count). The normalized spacial score (nSPS) is 28.8. The Morgan fingerprint density at radius 2 is 1.69 bits per heavy atom. The summed E-state index contributed by atoms with van der Waals surface area (Å²) in [4.78, 5) is 0. The van der Waals surface area contributed by atoms with Crippen molar-refractivity contribution in [3.8, 4) is 5.75 Å². The van der Waals surface area contributed by atoms with Crippen LogP contribution in [0.1, 0.15) is 76.2 Å². The molecule has 0 saturated heterocycles. The quantitative estimate of drug-likeness (QED) is 0.486. The summed E-state index contributed by atoms with van der Waals surface area (Å²) < 4.78 is 35.1. The first kappa shape index (κ1) is 19.6. The van der Waals surface area contributed by atoms with E-state index in [4.69, 9.17) is 4.74 Å². The Kier molecular flexibility index (Phi) is 7.30. The lowest BCUT2D eigenvalue weighted by molar-refractivity contribution is -0.0498. The zero-order valence-electron chi connectivity index (χ0n) is 15.8. The van der Waals surface area contributed by atoms with Crippen molar-refractivity contribution in [3.05, 3.63) is 29.8 Å². The molecular formula is C22H32F2O2. The van der Waals surface area contributed by atoms with Gasteiger partial charge in [-0.3, -0.25) is 0 Å². The van der Waals surface area contributed by atoms with Crippen LogP contribution >= 0.6 is 0 Å². The monoisotopic (exact) mass is 366 g/mol. The van der Waals surface area contributed by atoms with E-state index in [2.05, 4.69) is 11.7 Å². The molecule has 0 aliphatic heterocycles. The van der Waals surface area contributed by atoms with Crippen LogP contribution in [0.3, 0.4) is 0 Å². The second-order valence-corrected chi connectivity index (χ2v) is 7.99. The van der Waals surface area contributed by atoms with Crippen LogP contribution in [0.25, 0.3) is 0 Å². The minimum atomic E-state index is -2.75. The number of rotatable bonds is 8. The molecule has 2 aliphatic rings. The first-order chi connectivity index (χ1) is 12.7. The molecule has 0 amide bonds. The van der Waals surface area contributed by atoms with Gasteiger partial charge in [0.15, 0.2) is 0 Å². The van der Waals surface area contributed by atoms with Crippen molar-refractivity contribution in [1.82, 2.24) is 0 Å². The van der Waals surface area contributed by atoms with E-state index < -0.39 is 6.61 Å². The summed E-state index contributed by atoms with van der Waals surface area (Å²) in [5, 5.41) is 0. The van der Waals surface area contributed by atoms with Gasteiger partial charge >= 0.3 is 6.61 Å². The molecule has 1 aromatic carbocycles. The molecule has 0 bridgehead atoms. The van der Waals surface area contributed by atoms with Gasteiger partial charge in [-0.2, -0.15) is 8.78 Å². The number of unbranched alkanes of at least 4 members (excludes halogenated alkanes) is 2. The molecule has 4 unspecified atom stereocenters. The van der Waals surface area contributed by atoms with Crippen LogP contribution in [0.15, 0.2) is 24.3 Å². The van der Waals surface area contributed by atoms with E-state index >= 15 is 0 Å². The Hall–Kier alpha value is -1.16. The molecule has 2 saturated carbocycles. The molecule has 0 heterocycles. The van der Waals surface area contributed by atoms with Gasteiger partial charge in [0.05, 0.1) is 6.10 Å². The summed E-state index contributed by atoms with van der Waals surface area (Å²) in [5.74, 6) is 2.40. The van der Waals surface area contributed by atoms with Gasteiger partial charge in [-0.05, 0) is 80.4 Å². The first-order valence-corrected chi connectivity index (χ1v) is 10.3. The average molecular weight is 366 g/mol. The second-order valence-electron chi connectivity index (χ2n) is 7.99. The summed E-state index contributed by atoms with van der Waals surface area (Å²) in [6.07, 6.45) is 11.5. The van der Waals surface area contributed by atoms with Gasteiger partial charge in [-0.25, -0.2) is 0 Å². The Morgan fingerprint density at radius 1 is 0.962 bits per heavy atom. The van der Waals surface area contributed by atoms with Crippen molar-refractivity contribution < 1.29 is 18.3 Å². The molecule has 4 heteroatoms. The molecule has 0 spiro atoms. The number of halogens is 2. The molecule has 2 fully saturated rings. The van der Waals surface area contributed by atoms with Crippen molar-refractivity contribution >= 4 is 0 Å². The molecule has 2 aliphatic carbocycles. The highest BCUT2D eigenvalue weighted by Crippen LogP contribution is 2.46. The molecule has 0 radical (unpaired) electrons. The Labute approximate surface area is 156 Å². The number of hydrogen-bond donors (Lipinski definition) is 0. The van der Waals surface area contributed by atoms with Crippen LogP contribution in [-0.4, -0.2) is 19.3 Å². The van der Waals surface area contributed by atoms with Crippen LogP contribution in [0, 0.1) is 11.8 Å². The molecule has 26 heavy (non-hydrogen) atoms. The van der Waals surface area contributed by atoms with E-state index in [0.717, 1.165) is 18.4 Å². The fourth-order valence-corrected chi connectivity index (χ4v) is 4.82. The lowest BCUT2D eigenvalue weighted by Gasteiger charge is -2.42. The molecule has 1 aromatic rings. The summed E-state index contributed by atoms with van der Waals surface area (Å²) in [6, 6.07) is 7.28. The summed E-state index contributed by atoms with van der Waals surface area (Å²) in [6.45, 7) is 0.393. The molecule has 0 N–H and O–H groups in total. The lowest BCUT2D eigenvalue weighted by Crippen LogP contribution is -2.33. The molecule has 146 valence electrons. The maximum Gasteiger partial charge on any atom is 0.387 e. The van der Waals surface area contributed by atoms with Crippen LogP contribution in [-0.2, 0) is 4.74 Å². The van der Waals surface area contributed by atoms with Crippen LogP contribution in [0.2, 0.25) is 0 Å². The fraction of sp³-hybridized carbons (Fsp3) is 0.727. The van der Waals surface area contributed by atoms with Crippen LogP contribution in [0.4, 0.5) is 8.78 Å². The predicted octanol–water partition coefficient (Wildman–Crippen LogP) is 6.55. The standard InChI is InChI=1S/C22H32F2O2/c1-2-3-4-13-25-21-12-9-18-14-17(5-6-19(18)15-21)16-7-10-20(11-8-16)26-22(23)24/h7-8,10-11,17-19,21-22H,2-6,9,12-15H2,1H3. The number of alkyl halides is 2. The average Bonchev–Trinajstić information content (AvgIpc) is 2.65. The van der Waals surface area contributed by atoms with E-state index in [9.17, 15) is 8.78 Å². The third-order valence-electron chi connectivity index (χ3n) is 6.24. The van der Waals surface area contributed by atoms with E-state index in [1.165, 1.54) is 63.4 Å². The lowest BCUT2D eigenvalue weighted by atomic mass is 9.65. The number of ether oxygens (including phenoxy) is 2. The maximum atomic E-state index is 12.3. The van der Waals surface area contributed by atoms with Crippen LogP contribution in [0.5, 0.6) is 5.75 Å². The Bertz CT molecular complexity index is 531. The van der Waals surface area contributed by atoms with Gasteiger partial charge in [-0.15, -0.1) is 0 Å². The van der Waals surface area contributed by atoms with Gasteiger partial charge in [0, 0.05) is 6.61 Å². The SMILES string of the molecule is CCCCCOC1CCC2CC(c3ccc(OC(F)F)cc3)CCC2C1. The number of benzene rings is 1. The third kappa shape index (κ3) is 5.42. The summed E-state index contributed by atoms with van der Waals surface area (Å²) in [7, 11) is 0. The fourth-order valence-electron chi connectivity index (χ4n) is 4.82. The minimum absolute atomic E-state index is 0.248. The van der Waals surface area contributed by atoms with Crippen molar-refractivity contribution in [2.45, 2.75) is 83.3 Å². The van der Waals surface area contributed by atoms with E-state index in [0.29, 0.717) is 12.0 Å². The highest BCUT2D eigenvalue weighted by molar-refractivity contribution is 5.30. The largest absolute Gasteiger partial charge is 0.435 e. The Morgan fingerprint density at radius 3 is 2.42 bits per heavy atom. The van der Waals surface area contributed by atoms with Gasteiger partial charge in [0.1, 0.15) is 5.75 Å². The van der Waals surface area contributed by atoms with Crippen molar-refractivity contribution in [2.75, 3.05) is 6.61 Å².